The van der Waals surface area contributed by atoms with Crippen LogP contribution in [-0.4, -0.2) is 57.1 Å². The van der Waals surface area contributed by atoms with E-state index in [0.717, 1.165) is 41.8 Å². The van der Waals surface area contributed by atoms with Crippen molar-refractivity contribution < 1.29 is 27.1 Å². The maximum Gasteiger partial charge on any atom is 0.244 e. The summed E-state index contributed by atoms with van der Waals surface area (Å²) in [4.78, 5) is 29.3. The summed E-state index contributed by atoms with van der Waals surface area (Å²) in [6.07, 6.45) is 5.04. The summed E-state index contributed by atoms with van der Waals surface area (Å²) < 4.78 is 45.8. The molecule has 41 heavy (non-hydrogen) atoms. The molecule has 0 aromatic heterocycles. The highest BCUT2D eigenvalue weighted by Crippen LogP contribution is 2.25. The van der Waals surface area contributed by atoms with Crippen LogP contribution in [0.1, 0.15) is 36.8 Å². The van der Waals surface area contributed by atoms with Gasteiger partial charge in [-0.05, 0) is 48.2 Å². The minimum Gasteiger partial charge on any atom is -0.497 e. The second-order valence-electron chi connectivity index (χ2n) is 10.3. The Bertz CT molecular complexity index is 1430. The van der Waals surface area contributed by atoms with Gasteiger partial charge in [-0.1, -0.05) is 61.4 Å². The van der Waals surface area contributed by atoms with Gasteiger partial charge < -0.3 is 15.0 Å². The fraction of sp³-hybridized carbons (Fsp3) is 0.355. The molecule has 0 radical (unpaired) electrons. The molecule has 0 unspecified atom stereocenters. The summed E-state index contributed by atoms with van der Waals surface area (Å²) in [6.45, 7) is -0.542. The molecule has 1 N–H and O–H groups in total. The number of hydrogen-bond donors (Lipinski definition) is 1. The lowest BCUT2D eigenvalue weighted by atomic mass is 10.0. The quantitative estimate of drug-likeness (QED) is 0.344. The SMILES string of the molecule is COc1cccc(N(CC(=O)N(Cc2ccc(F)cc2)[C@H](Cc2ccccc2)C(=O)NC2CCCC2)S(C)(=O)=O)c1. The van der Waals surface area contributed by atoms with Crippen molar-refractivity contribution >= 4 is 27.5 Å². The van der Waals surface area contributed by atoms with Crippen molar-refractivity contribution in [1.29, 1.82) is 0 Å². The standard InChI is InChI=1S/C31H36FN3O5S/c1-40-28-14-8-13-27(20-28)35(41(2,38)39)22-30(36)34(21-24-15-17-25(32)18-16-24)29(19-23-9-4-3-5-10-23)31(37)33-26-11-6-7-12-26/h3-5,8-10,13-18,20,26,29H,6-7,11-12,19,21-22H2,1-2H3,(H,33,37)/t29-/m1/s1. The van der Waals surface area contributed by atoms with E-state index < -0.39 is 34.3 Å². The highest BCUT2D eigenvalue weighted by molar-refractivity contribution is 7.92. The Hall–Kier alpha value is -3.92. The summed E-state index contributed by atoms with van der Waals surface area (Å²) in [7, 11) is -2.42. The van der Waals surface area contributed by atoms with Crippen molar-refractivity contribution in [3.63, 3.8) is 0 Å². The Morgan fingerprint density at radius 1 is 0.976 bits per heavy atom. The molecule has 1 atom stereocenters. The van der Waals surface area contributed by atoms with Gasteiger partial charge in [-0.3, -0.25) is 13.9 Å². The van der Waals surface area contributed by atoms with E-state index in [1.807, 2.05) is 30.3 Å². The zero-order chi connectivity index (χ0) is 29.4. The predicted molar refractivity (Wildman–Crippen MR) is 156 cm³/mol. The van der Waals surface area contributed by atoms with Gasteiger partial charge in [-0.15, -0.1) is 0 Å². The van der Waals surface area contributed by atoms with Crippen LogP contribution in [0.15, 0.2) is 78.9 Å². The first-order valence-corrected chi connectivity index (χ1v) is 15.5. The lowest BCUT2D eigenvalue weighted by molar-refractivity contribution is -0.140. The highest BCUT2D eigenvalue weighted by Gasteiger charge is 2.34. The minimum absolute atomic E-state index is 0.00951. The number of sulfonamides is 1. The molecule has 0 spiro atoms. The molecule has 0 saturated heterocycles. The second-order valence-corrected chi connectivity index (χ2v) is 12.2. The Morgan fingerprint density at radius 2 is 1.66 bits per heavy atom. The van der Waals surface area contributed by atoms with E-state index in [9.17, 15) is 22.4 Å². The van der Waals surface area contributed by atoms with Gasteiger partial charge in [0.2, 0.25) is 21.8 Å². The average molecular weight is 582 g/mol. The number of methoxy groups -OCH3 is 1. The van der Waals surface area contributed by atoms with Crippen LogP contribution in [0.3, 0.4) is 0 Å². The first-order chi connectivity index (χ1) is 19.6. The Morgan fingerprint density at radius 3 is 2.29 bits per heavy atom. The van der Waals surface area contributed by atoms with Gasteiger partial charge in [0, 0.05) is 25.1 Å². The number of amides is 2. The normalized spacial score (nSPS) is 14.3. The van der Waals surface area contributed by atoms with Gasteiger partial charge in [0.1, 0.15) is 24.2 Å². The van der Waals surface area contributed by atoms with Crippen molar-refractivity contribution in [2.24, 2.45) is 0 Å². The molecule has 0 aliphatic heterocycles. The molecule has 3 aromatic rings. The fourth-order valence-electron chi connectivity index (χ4n) is 5.09. The number of anilines is 1. The van der Waals surface area contributed by atoms with Gasteiger partial charge >= 0.3 is 0 Å². The third kappa shape index (κ3) is 8.29. The predicted octanol–water partition coefficient (Wildman–Crippen LogP) is 4.30. The molecule has 1 saturated carbocycles. The van der Waals surface area contributed by atoms with Crippen LogP contribution >= 0.6 is 0 Å². The zero-order valence-electron chi connectivity index (χ0n) is 23.3. The van der Waals surface area contributed by atoms with Gasteiger partial charge in [0.05, 0.1) is 19.1 Å². The van der Waals surface area contributed by atoms with Gasteiger partial charge in [0.25, 0.3) is 0 Å². The number of rotatable bonds is 12. The molecule has 1 fully saturated rings. The monoisotopic (exact) mass is 581 g/mol. The summed E-state index contributed by atoms with van der Waals surface area (Å²) in [5.41, 5.74) is 1.72. The van der Waals surface area contributed by atoms with E-state index >= 15 is 0 Å². The van der Waals surface area contributed by atoms with E-state index in [0.29, 0.717) is 11.3 Å². The number of carbonyl (C=O) groups excluding carboxylic acids is 2. The van der Waals surface area contributed by atoms with E-state index in [2.05, 4.69) is 5.32 Å². The molecular weight excluding hydrogens is 545 g/mol. The molecule has 4 rings (SSSR count). The molecule has 2 amide bonds. The van der Waals surface area contributed by atoms with Crippen LogP contribution in [0.4, 0.5) is 10.1 Å². The summed E-state index contributed by atoms with van der Waals surface area (Å²) in [5.74, 6) is -0.856. The van der Waals surface area contributed by atoms with E-state index in [1.165, 1.54) is 30.2 Å². The van der Waals surface area contributed by atoms with Gasteiger partial charge in [-0.2, -0.15) is 0 Å². The molecule has 1 aliphatic carbocycles. The summed E-state index contributed by atoms with van der Waals surface area (Å²) in [6, 6.07) is 20.6. The number of carbonyl (C=O) groups is 2. The second kappa shape index (κ2) is 13.6. The number of halogens is 1. The van der Waals surface area contributed by atoms with Crippen molar-refractivity contribution in [3.05, 3.63) is 95.8 Å². The van der Waals surface area contributed by atoms with Crippen LogP contribution in [0.5, 0.6) is 5.75 Å². The molecule has 0 bridgehead atoms. The molecule has 10 heteroatoms. The molecule has 3 aromatic carbocycles. The third-order valence-electron chi connectivity index (χ3n) is 7.26. The van der Waals surface area contributed by atoms with E-state index in [-0.39, 0.29) is 30.6 Å². The zero-order valence-corrected chi connectivity index (χ0v) is 24.1. The summed E-state index contributed by atoms with van der Waals surface area (Å²) in [5, 5.41) is 3.12. The maximum atomic E-state index is 14.1. The average Bonchev–Trinajstić information content (AvgIpc) is 3.47. The molecule has 8 nitrogen and oxygen atoms in total. The van der Waals surface area contributed by atoms with E-state index in [4.69, 9.17) is 4.74 Å². The minimum atomic E-state index is -3.89. The Labute approximate surface area is 241 Å². The van der Waals surface area contributed by atoms with Gasteiger partial charge in [-0.25, -0.2) is 12.8 Å². The molecule has 0 heterocycles. The molecular formula is C31H36FN3O5S. The van der Waals surface area contributed by atoms with Crippen molar-refractivity contribution in [3.8, 4) is 5.75 Å². The van der Waals surface area contributed by atoms with E-state index in [1.54, 1.807) is 30.3 Å². The van der Waals surface area contributed by atoms with Crippen LogP contribution in [0, 0.1) is 5.82 Å². The number of nitrogens with one attached hydrogen (secondary N) is 1. The van der Waals surface area contributed by atoms with Crippen LogP contribution in [0.2, 0.25) is 0 Å². The lowest BCUT2D eigenvalue weighted by Gasteiger charge is -2.34. The van der Waals surface area contributed by atoms with Crippen LogP contribution in [0.25, 0.3) is 0 Å². The van der Waals surface area contributed by atoms with Crippen molar-refractivity contribution in [2.75, 3.05) is 24.2 Å². The topological polar surface area (TPSA) is 96.0 Å². The summed E-state index contributed by atoms with van der Waals surface area (Å²) >= 11 is 0. The highest BCUT2D eigenvalue weighted by atomic mass is 32.2. The first kappa shape index (κ1) is 30.0. The van der Waals surface area contributed by atoms with Crippen molar-refractivity contribution in [2.45, 2.75) is 50.7 Å². The fourth-order valence-corrected chi connectivity index (χ4v) is 5.93. The lowest BCUT2D eigenvalue weighted by Crippen LogP contribution is -2.54. The number of hydrogen-bond acceptors (Lipinski definition) is 5. The first-order valence-electron chi connectivity index (χ1n) is 13.6. The maximum absolute atomic E-state index is 14.1. The largest absolute Gasteiger partial charge is 0.497 e. The number of benzene rings is 3. The van der Waals surface area contributed by atoms with Gasteiger partial charge in [0.15, 0.2) is 0 Å². The number of nitrogens with zero attached hydrogens (tertiary/aromatic N) is 2. The molecule has 218 valence electrons. The smallest absolute Gasteiger partial charge is 0.244 e. The van der Waals surface area contributed by atoms with Crippen molar-refractivity contribution in [1.82, 2.24) is 10.2 Å². The Kier molecular flexibility index (Phi) is 9.99. The third-order valence-corrected chi connectivity index (χ3v) is 8.40. The van der Waals surface area contributed by atoms with Crippen LogP contribution in [-0.2, 0) is 32.6 Å². The Balaban J connectivity index is 1.72. The van der Waals surface area contributed by atoms with Crippen LogP contribution < -0.4 is 14.4 Å². The molecule has 1 aliphatic rings. The number of ether oxygens (including phenoxy) is 1.